The minimum absolute atomic E-state index is 0.0527. The van der Waals surface area contributed by atoms with Crippen LogP contribution < -0.4 is 14.8 Å². The minimum Gasteiger partial charge on any atom is -0.454 e. The van der Waals surface area contributed by atoms with Gasteiger partial charge in [0.2, 0.25) is 18.6 Å². The van der Waals surface area contributed by atoms with Gasteiger partial charge in [0, 0.05) is 31.3 Å². The number of thioether (sulfide) groups is 1. The summed E-state index contributed by atoms with van der Waals surface area (Å²) >= 11 is 1.75. The van der Waals surface area contributed by atoms with Gasteiger partial charge in [0.15, 0.2) is 11.5 Å². The fourth-order valence-electron chi connectivity index (χ4n) is 3.24. The zero-order valence-electron chi connectivity index (χ0n) is 14.9. The highest BCUT2D eigenvalue weighted by Gasteiger charge is 2.30. The molecule has 0 aliphatic carbocycles. The fraction of sp³-hybridized carbons (Fsp3) is 0.300. The molecule has 1 N–H and O–H groups in total. The molecule has 7 heteroatoms. The van der Waals surface area contributed by atoms with Crippen molar-refractivity contribution in [2.45, 2.75) is 25.3 Å². The van der Waals surface area contributed by atoms with Gasteiger partial charge in [-0.2, -0.15) is 0 Å². The third kappa shape index (κ3) is 3.88. The molecule has 0 aromatic heterocycles. The molecule has 2 heterocycles. The lowest BCUT2D eigenvalue weighted by atomic mass is 10.1. The Kier molecular flexibility index (Phi) is 4.94. The van der Waals surface area contributed by atoms with E-state index in [0.29, 0.717) is 13.0 Å². The van der Waals surface area contributed by atoms with E-state index in [1.165, 1.54) is 6.92 Å². The number of ether oxygens (including phenoxy) is 2. The third-order valence-electron chi connectivity index (χ3n) is 4.50. The molecule has 2 aliphatic rings. The number of fused-ring (bicyclic) bond motifs is 1. The summed E-state index contributed by atoms with van der Waals surface area (Å²) in [6.45, 7) is 2.23. The van der Waals surface area contributed by atoms with Crippen molar-refractivity contribution in [3.05, 3.63) is 53.6 Å². The van der Waals surface area contributed by atoms with Crippen molar-refractivity contribution < 1.29 is 19.1 Å². The second-order valence-electron chi connectivity index (χ2n) is 6.49. The largest absolute Gasteiger partial charge is 0.454 e. The summed E-state index contributed by atoms with van der Waals surface area (Å²) in [4.78, 5) is 25.7. The number of amides is 2. The first-order valence-corrected chi connectivity index (χ1v) is 9.82. The quantitative estimate of drug-likeness (QED) is 0.873. The van der Waals surface area contributed by atoms with Crippen LogP contribution in [-0.4, -0.2) is 29.3 Å². The predicted octanol–water partition coefficient (Wildman–Crippen LogP) is 3.54. The maximum absolute atomic E-state index is 12.6. The second kappa shape index (κ2) is 7.52. The first-order chi connectivity index (χ1) is 13.1. The zero-order chi connectivity index (χ0) is 18.8. The van der Waals surface area contributed by atoms with Crippen LogP contribution in [0.4, 0.5) is 5.69 Å². The highest BCUT2D eigenvalue weighted by molar-refractivity contribution is 7.99. The number of nitrogens with one attached hydrogen (secondary N) is 1. The first-order valence-electron chi connectivity index (χ1n) is 8.77. The second-order valence-corrected chi connectivity index (χ2v) is 7.67. The summed E-state index contributed by atoms with van der Waals surface area (Å²) in [5, 5.41) is 2.71. The van der Waals surface area contributed by atoms with Crippen LogP contribution in [0, 0.1) is 0 Å². The van der Waals surface area contributed by atoms with Crippen molar-refractivity contribution in [1.29, 1.82) is 0 Å². The van der Waals surface area contributed by atoms with E-state index >= 15 is 0 Å². The Bertz CT molecular complexity index is 869. The maximum atomic E-state index is 12.6. The first kappa shape index (κ1) is 17.7. The van der Waals surface area contributed by atoms with Crippen molar-refractivity contribution in [2.24, 2.45) is 0 Å². The Morgan fingerprint density at radius 3 is 2.74 bits per heavy atom. The van der Waals surface area contributed by atoms with Gasteiger partial charge in [0.25, 0.3) is 0 Å². The Morgan fingerprint density at radius 1 is 1.19 bits per heavy atom. The van der Waals surface area contributed by atoms with Gasteiger partial charge < -0.3 is 19.7 Å². The van der Waals surface area contributed by atoms with Crippen LogP contribution in [0.1, 0.15) is 29.8 Å². The van der Waals surface area contributed by atoms with Gasteiger partial charge in [-0.1, -0.05) is 18.2 Å². The summed E-state index contributed by atoms with van der Waals surface area (Å²) in [5.41, 5.74) is 2.80. The lowest BCUT2D eigenvalue weighted by Gasteiger charge is -2.35. The van der Waals surface area contributed by atoms with Crippen molar-refractivity contribution >= 4 is 29.3 Å². The lowest BCUT2D eigenvalue weighted by Crippen LogP contribution is -2.36. The van der Waals surface area contributed by atoms with E-state index in [1.807, 2.05) is 47.4 Å². The van der Waals surface area contributed by atoms with Gasteiger partial charge in [0.1, 0.15) is 5.37 Å². The molecule has 2 amide bonds. The summed E-state index contributed by atoms with van der Waals surface area (Å²) in [5.74, 6) is 2.30. The van der Waals surface area contributed by atoms with E-state index < -0.39 is 0 Å². The molecule has 1 fully saturated rings. The van der Waals surface area contributed by atoms with E-state index in [9.17, 15) is 9.59 Å². The molecule has 1 atom stereocenters. The van der Waals surface area contributed by atoms with Gasteiger partial charge in [-0.25, -0.2) is 0 Å². The van der Waals surface area contributed by atoms with E-state index in [0.717, 1.165) is 34.1 Å². The monoisotopic (exact) mass is 384 g/mol. The lowest BCUT2D eigenvalue weighted by molar-refractivity contribution is -0.132. The van der Waals surface area contributed by atoms with Crippen LogP contribution in [0.25, 0.3) is 0 Å². The molecular weight excluding hydrogens is 364 g/mol. The van der Waals surface area contributed by atoms with Crippen molar-refractivity contribution in [3.8, 4) is 11.5 Å². The zero-order valence-corrected chi connectivity index (χ0v) is 15.8. The summed E-state index contributed by atoms with van der Waals surface area (Å²) in [6, 6.07) is 13.5. The third-order valence-corrected chi connectivity index (χ3v) is 5.78. The summed E-state index contributed by atoms with van der Waals surface area (Å²) < 4.78 is 10.8. The number of carbonyl (C=O) groups is 2. The Labute approximate surface area is 161 Å². The van der Waals surface area contributed by atoms with Crippen LogP contribution in [-0.2, 0) is 16.1 Å². The standard InChI is InChI=1S/C20H20N2O4S/c1-13(23)21-16-5-3-15(4-6-16)20-22(19(24)8-9-27-20)11-14-2-7-17-18(10-14)26-12-25-17/h2-7,10,20H,8-9,11-12H2,1H3,(H,21,23). The molecule has 2 aromatic carbocycles. The van der Waals surface area contributed by atoms with Crippen molar-refractivity contribution in [3.63, 3.8) is 0 Å². The van der Waals surface area contributed by atoms with E-state index in [1.54, 1.807) is 11.8 Å². The molecular formula is C20H20N2O4S. The minimum atomic E-state index is -0.102. The number of hydrogen-bond donors (Lipinski definition) is 1. The molecule has 4 rings (SSSR count). The number of nitrogens with zero attached hydrogens (tertiary/aromatic N) is 1. The van der Waals surface area contributed by atoms with Crippen molar-refractivity contribution in [1.82, 2.24) is 4.90 Å². The Balaban J connectivity index is 1.55. The Morgan fingerprint density at radius 2 is 1.96 bits per heavy atom. The molecule has 6 nitrogen and oxygen atoms in total. The highest BCUT2D eigenvalue weighted by atomic mass is 32.2. The number of hydrogen-bond acceptors (Lipinski definition) is 5. The SMILES string of the molecule is CC(=O)Nc1ccc(C2SCCC(=O)N2Cc2ccc3c(c2)OCO3)cc1. The molecule has 1 saturated heterocycles. The smallest absolute Gasteiger partial charge is 0.231 e. The van der Waals surface area contributed by atoms with Gasteiger partial charge in [0.05, 0.1) is 0 Å². The fourth-order valence-corrected chi connectivity index (χ4v) is 4.48. The number of anilines is 1. The number of carbonyl (C=O) groups excluding carboxylic acids is 2. The van der Waals surface area contributed by atoms with Crippen LogP contribution in [0.15, 0.2) is 42.5 Å². The number of benzene rings is 2. The normalized spacial score (nSPS) is 18.5. The van der Waals surface area contributed by atoms with Gasteiger partial charge in [-0.15, -0.1) is 11.8 Å². The Hall–Kier alpha value is -2.67. The van der Waals surface area contributed by atoms with E-state index in [-0.39, 0.29) is 24.0 Å². The summed E-state index contributed by atoms with van der Waals surface area (Å²) in [7, 11) is 0. The topological polar surface area (TPSA) is 67.9 Å². The highest BCUT2D eigenvalue weighted by Crippen LogP contribution is 2.40. The van der Waals surface area contributed by atoms with Gasteiger partial charge in [-0.05, 0) is 35.4 Å². The van der Waals surface area contributed by atoms with Crippen LogP contribution >= 0.6 is 11.8 Å². The van der Waals surface area contributed by atoms with E-state index in [4.69, 9.17) is 9.47 Å². The molecule has 0 spiro atoms. The van der Waals surface area contributed by atoms with Gasteiger partial charge in [-0.3, -0.25) is 9.59 Å². The average Bonchev–Trinajstić information content (AvgIpc) is 3.11. The molecule has 27 heavy (non-hydrogen) atoms. The molecule has 2 aliphatic heterocycles. The van der Waals surface area contributed by atoms with Crippen LogP contribution in [0.2, 0.25) is 0 Å². The van der Waals surface area contributed by atoms with Crippen LogP contribution in [0.3, 0.4) is 0 Å². The average molecular weight is 384 g/mol. The molecule has 0 radical (unpaired) electrons. The van der Waals surface area contributed by atoms with Gasteiger partial charge >= 0.3 is 0 Å². The van der Waals surface area contributed by atoms with Crippen molar-refractivity contribution in [2.75, 3.05) is 17.9 Å². The van der Waals surface area contributed by atoms with E-state index in [2.05, 4.69) is 5.32 Å². The molecule has 1 unspecified atom stereocenters. The molecule has 0 saturated carbocycles. The molecule has 2 aromatic rings. The maximum Gasteiger partial charge on any atom is 0.231 e. The summed E-state index contributed by atoms with van der Waals surface area (Å²) in [6.07, 6.45) is 0.537. The molecule has 0 bridgehead atoms. The van der Waals surface area contributed by atoms with Crippen LogP contribution in [0.5, 0.6) is 11.5 Å². The number of rotatable bonds is 4. The molecule has 140 valence electrons. The predicted molar refractivity (Wildman–Crippen MR) is 104 cm³/mol.